The summed E-state index contributed by atoms with van der Waals surface area (Å²) in [6, 6.07) is 3.82. The van der Waals surface area contributed by atoms with E-state index >= 15 is 0 Å². The number of aromatic nitrogens is 1. The van der Waals surface area contributed by atoms with Gasteiger partial charge in [0.15, 0.2) is 17.5 Å². The van der Waals surface area contributed by atoms with Crippen LogP contribution in [-0.2, 0) is 0 Å². The number of methoxy groups -OCH3 is 1. The largest absolute Gasteiger partial charge is 0.496 e. The summed E-state index contributed by atoms with van der Waals surface area (Å²) in [5.41, 5.74) is 2.02. The molecule has 0 amide bonds. The van der Waals surface area contributed by atoms with Gasteiger partial charge in [-0.05, 0) is 44.0 Å². The monoisotopic (exact) mass is 423 g/mol. The summed E-state index contributed by atoms with van der Waals surface area (Å²) >= 11 is 6.54. The highest BCUT2D eigenvalue weighted by Crippen LogP contribution is 2.38. The molecule has 1 aromatic carbocycles. The summed E-state index contributed by atoms with van der Waals surface area (Å²) in [5, 5.41) is 0. The van der Waals surface area contributed by atoms with Crippen LogP contribution in [0, 0.1) is 11.6 Å². The van der Waals surface area contributed by atoms with E-state index in [1.165, 1.54) is 7.11 Å². The minimum absolute atomic E-state index is 0.267. The molecular weight excluding hydrogens is 416 g/mol. The van der Waals surface area contributed by atoms with Crippen molar-refractivity contribution in [3.63, 3.8) is 0 Å². The second-order valence-electron chi connectivity index (χ2n) is 3.77. The molecule has 0 aliphatic rings. The molecule has 0 fully saturated rings. The van der Waals surface area contributed by atoms with E-state index in [9.17, 15) is 8.78 Å². The van der Waals surface area contributed by atoms with Crippen LogP contribution < -0.4 is 20.7 Å². The Morgan fingerprint density at radius 2 is 1.71 bits per heavy atom. The van der Waals surface area contributed by atoms with Gasteiger partial charge in [0.25, 0.3) is 5.88 Å². The van der Waals surface area contributed by atoms with Crippen LogP contribution in [0.3, 0.4) is 0 Å². The average Bonchev–Trinajstić information content (AvgIpc) is 2.45. The number of hydrogen-bond donors (Lipinski definition) is 2. The first-order chi connectivity index (χ1) is 9.96. The van der Waals surface area contributed by atoms with Crippen molar-refractivity contribution in [2.75, 3.05) is 12.5 Å². The van der Waals surface area contributed by atoms with E-state index in [0.717, 1.165) is 0 Å². The van der Waals surface area contributed by atoms with Crippen molar-refractivity contribution in [3.8, 4) is 17.4 Å². The molecule has 1 aromatic heterocycles. The van der Waals surface area contributed by atoms with Crippen molar-refractivity contribution in [1.29, 1.82) is 0 Å². The van der Waals surface area contributed by atoms with Gasteiger partial charge in [-0.15, -0.1) is 0 Å². The number of hydrazine groups is 1. The summed E-state index contributed by atoms with van der Waals surface area (Å²) in [6.07, 6.45) is 0. The van der Waals surface area contributed by atoms with Crippen molar-refractivity contribution in [3.05, 3.63) is 38.8 Å². The van der Waals surface area contributed by atoms with Crippen LogP contribution >= 0.6 is 31.9 Å². The van der Waals surface area contributed by atoms with E-state index in [-0.39, 0.29) is 11.6 Å². The maximum atomic E-state index is 13.7. The number of nitrogens with two attached hydrogens (primary N) is 1. The molecule has 2 aromatic rings. The topological polar surface area (TPSA) is 69.4 Å². The van der Waals surface area contributed by atoms with Gasteiger partial charge in [0.2, 0.25) is 0 Å². The van der Waals surface area contributed by atoms with Crippen molar-refractivity contribution in [2.45, 2.75) is 0 Å². The number of benzene rings is 1. The number of nitrogen functional groups attached to an aromatic ring is 1. The quantitative estimate of drug-likeness (QED) is 0.574. The summed E-state index contributed by atoms with van der Waals surface area (Å²) in [6.45, 7) is 0. The van der Waals surface area contributed by atoms with Crippen molar-refractivity contribution < 1.29 is 18.3 Å². The first-order valence-electron chi connectivity index (χ1n) is 5.49. The molecule has 3 N–H and O–H groups in total. The number of pyridine rings is 1. The fourth-order valence-corrected chi connectivity index (χ4v) is 2.36. The highest BCUT2D eigenvalue weighted by molar-refractivity contribution is 9.11. The highest BCUT2D eigenvalue weighted by atomic mass is 79.9. The molecular formula is C12H9Br2F2N3O2. The molecule has 0 aliphatic heterocycles. The van der Waals surface area contributed by atoms with E-state index in [4.69, 9.17) is 15.3 Å². The molecule has 0 radical (unpaired) electrons. The van der Waals surface area contributed by atoms with Crippen LogP contribution in [0.25, 0.3) is 0 Å². The lowest BCUT2D eigenvalue weighted by Gasteiger charge is -2.12. The number of rotatable bonds is 4. The van der Waals surface area contributed by atoms with Gasteiger partial charge >= 0.3 is 0 Å². The number of nitrogens with zero attached hydrogens (tertiary/aromatic N) is 1. The van der Waals surface area contributed by atoms with Gasteiger partial charge in [-0.3, -0.25) is 0 Å². The number of halogens is 4. The SMILES string of the molecule is COc1cc(Br)c(Oc2nc(NN)c(F)cc2F)cc1Br. The first-order valence-corrected chi connectivity index (χ1v) is 7.08. The Bertz CT molecular complexity index is 686. The lowest BCUT2D eigenvalue weighted by Crippen LogP contribution is -2.11. The molecule has 0 aliphatic carbocycles. The average molecular weight is 425 g/mol. The third-order valence-electron chi connectivity index (χ3n) is 2.45. The third kappa shape index (κ3) is 3.42. The van der Waals surface area contributed by atoms with E-state index in [1.807, 2.05) is 5.43 Å². The Labute approximate surface area is 135 Å². The molecule has 2 rings (SSSR count). The number of nitrogens with one attached hydrogen (secondary N) is 1. The molecule has 0 bridgehead atoms. The Kier molecular flexibility index (Phi) is 4.96. The van der Waals surface area contributed by atoms with Crippen molar-refractivity contribution >= 4 is 37.7 Å². The van der Waals surface area contributed by atoms with Crippen LogP contribution in [0.4, 0.5) is 14.6 Å². The van der Waals surface area contributed by atoms with E-state index in [2.05, 4.69) is 36.8 Å². The van der Waals surface area contributed by atoms with E-state index in [1.54, 1.807) is 12.1 Å². The minimum atomic E-state index is -0.953. The summed E-state index contributed by atoms with van der Waals surface area (Å²) < 4.78 is 38.5. The maximum Gasteiger partial charge on any atom is 0.258 e. The van der Waals surface area contributed by atoms with Gasteiger partial charge in [0.05, 0.1) is 16.1 Å². The second kappa shape index (κ2) is 6.54. The summed E-state index contributed by atoms with van der Waals surface area (Å²) in [4.78, 5) is 3.62. The zero-order chi connectivity index (χ0) is 15.6. The molecule has 0 atom stereocenters. The number of anilines is 1. The van der Waals surface area contributed by atoms with Crippen LogP contribution in [-0.4, -0.2) is 12.1 Å². The molecule has 0 unspecified atom stereocenters. The molecule has 0 spiro atoms. The van der Waals surface area contributed by atoms with Crippen LogP contribution in [0.15, 0.2) is 27.1 Å². The van der Waals surface area contributed by atoms with Gasteiger partial charge in [0.1, 0.15) is 11.5 Å². The van der Waals surface area contributed by atoms with E-state index in [0.29, 0.717) is 20.8 Å². The molecule has 0 saturated carbocycles. The van der Waals surface area contributed by atoms with Crippen molar-refractivity contribution in [1.82, 2.24) is 4.98 Å². The Hall–Kier alpha value is -1.45. The third-order valence-corrected chi connectivity index (χ3v) is 3.69. The molecule has 9 heteroatoms. The highest BCUT2D eigenvalue weighted by Gasteiger charge is 2.16. The van der Waals surface area contributed by atoms with E-state index < -0.39 is 17.5 Å². The normalized spacial score (nSPS) is 10.4. The van der Waals surface area contributed by atoms with Gasteiger partial charge in [-0.2, -0.15) is 4.98 Å². The minimum Gasteiger partial charge on any atom is -0.496 e. The molecule has 5 nitrogen and oxygen atoms in total. The van der Waals surface area contributed by atoms with Crippen LogP contribution in [0.1, 0.15) is 0 Å². The predicted octanol–water partition coefficient (Wildman–Crippen LogP) is 3.97. The zero-order valence-electron chi connectivity index (χ0n) is 10.6. The standard InChI is InChI=1S/C12H9Br2F2N3O2/c1-20-9-2-6(14)10(3-5(9)13)21-12-8(16)4-7(15)11(18-12)19-17/h2-4H,17H2,1H3,(H,18,19). The van der Waals surface area contributed by atoms with Gasteiger partial charge in [-0.25, -0.2) is 14.6 Å². The van der Waals surface area contributed by atoms with Gasteiger partial charge in [-0.1, -0.05) is 0 Å². The fourth-order valence-electron chi connectivity index (χ4n) is 1.47. The number of hydrogen-bond acceptors (Lipinski definition) is 5. The lowest BCUT2D eigenvalue weighted by molar-refractivity contribution is 0.402. The smallest absolute Gasteiger partial charge is 0.258 e. The fraction of sp³-hybridized carbons (Fsp3) is 0.0833. The van der Waals surface area contributed by atoms with Gasteiger partial charge < -0.3 is 14.9 Å². The Balaban J connectivity index is 2.41. The summed E-state index contributed by atoms with van der Waals surface area (Å²) in [7, 11) is 1.51. The maximum absolute atomic E-state index is 13.7. The van der Waals surface area contributed by atoms with Crippen molar-refractivity contribution in [2.24, 2.45) is 5.84 Å². The Morgan fingerprint density at radius 1 is 1.10 bits per heavy atom. The molecule has 112 valence electrons. The lowest BCUT2D eigenvalue weighted by atomic mass is 10.3. The van der Waals surface area contributed by atoms with Crippen LogP contribution in [0.2, 0.25) is 0 Å². The molecule has 1 heterocycles. The van der Waals surface area contributed by atoms with Crippen LogP contribution in [0.5, 0.6) is 17.4 Å². The Morgan fingerprint density at radius 3 is 2.33 bits per heavy atom. The van der Waals surface area contributed by atoms with Gasteiger partial charge in [0, 0.05) is 6.07 Å². The molecule has 0 saturated heterocycles. The second-order valence-corrected chi connectivity index (χ2v) is 5.48. The molecule has 21 heavy (non-hydrogen) atoms. The summed E-state index contributed by atoms with van der Waals surface area (Å²) in [5.74, 6) is 3.31. The number of ether oxygens (including phenoxy) is 2. The first kappa shape index (κ1) is 15.9. The predicted molar refractivity (Wildman–Crippen MR) is 80.4 cm³/mol. The zero-order valence-corrected chi connectivity index (χ0v) is 13.8.